The topological polar surface area (TPSA) is 714 Å². The number of aliphatic hydroxyl groups excluding tert-OH is 1. The summed E-state index contributed by atoms with van der Waals surface area (Å²) >= 11 is 0. The number of amides is 17. The second-order valence-electron chi connectivity index (χ2n) is 27.8. The number of aliphatic carboxylic acids is 2. The number of unbranched alkanes of at least 4 members (excludes halogenated alkanes) is 1. The number of carbonyl (C=O) groups excluding carboxylic acids is 17. The van der Waals surface area contributed by atoms with E-state index in [-0.39, 0.29) is 44.3 Å². The van der Waals surface area contributed by atoms with Crippen LogP contribution in [-0.2, 0) is 104 Å². The van der Waals surface area contributed by atoms with Crippen LogP contribution in [0.15, 0.2) is 43.0 Å². The first-order valence-corrected chi connectivity index (χ1v) is 39.6. The van der Waals surface area contributed by atoms with Gasteiger partial charge in [0.1, 0.15) is 72.5 Å². The smallest absolute Gasteiger partial charge is 0.303 e. The molecule has 0 spiro atoms. The summed E-state index contributed by atoms with van der Waals surface area (Å²) in [5.74, 6) is -23.4. The van der Waals surface area contributed by atoms with Gasteiger partial charge in [0.15, 0.2) is 0 Å². The lowest BCUT2D eigenvalue weighted by molar-refractivity contribution is -0.139. The quantitative estimate of drug-likeness (QED) is 0.0195. The van der Waals surface area contributed by atoms with E-state index in [4.69, 9.17) is 22.9 Å². The van der Waals surface area contributed by atoms with Crippen LogP contribution in [0.3, 0.4) is 0 Å². The number of hydrogen-bond donors (Lipinski definition) is 24. The monoisotopic (exact) mass is 1670 g/mol. The number of aliphatic hydroxyl groups is 1. The molecule has 1 fully saturated rings. The Morgan fingerprint density at radius 2 is 1.22 bits per heavy atom. The van der Waals surface area contributed by atoms with Gasteiger partial charge in [0, 0.05) is 60.5 Å². The normalized spacial score (nSPS) is 21.6. The fraction of sp³-hybridized carbons (Fsp3) is 0.571. The average molecular weight is 1670 g/mol. The van der Waals surface area contributed by atoms with Crippen LogP contribution in [0.25, 0.3) is 10.9 Å². The molecule has 4 rings (SSSR count). The number of primary amides is 2. The summed E-state index contributed by atoms with van der Waals surface area (Å²) < 4.78 is 0. The first-order valence-electron chi connectivity index (χ1n) is 37.1. The van der Waals surface area contributed by atoms with E-state index in [1.165, 1.54) is 26.4 Å². The van der Waals surface area contributed by atoms with Crippen molar-refractivity contribution in [3.8, 4) is 0 Å². The molecule has 46 heteroatoms. The number of para-hydroxylation sites is 1. The van der Waals surface area contributed by atoms with Gasteiger partial charge in [-0.25, -0.2) is 4.98 Å². The molecule has 1 aliphatic rings. The van der Waals surface area contributed by atoms with Crippen LogP contribution < -0.4 is 103 Å². The Morgan fingerprint density at radius 1 is 0.621 bits per heavy atom. The van der Waals surface area contributed by atoms with Crippen molar-refractivity contribution in [3.05, 3.63) is 54.2 Å². The fourth-order valence-corrected chi connectivity index (χ4v) is 13.5. The lowest BCUT2D eigenvalue weighted by Gasteiger charge is -2.29. The molecule has 116 heavy (non-hydrogen) atoms. The molecule has 640 valence electrons. The molecule has 3 aromatic rings. The molecule has 0 aliphatic carbocycles. The number of imidazole rings is 1. The van der Waals surface area contributed by atoms with Crippen molar-refractivity contribution < 1.29 is 106 Å². The van der Waals surface area contributed by atoms with E-state index in [1.807, 2.05) is 0 Å². The van der Waals surface area contributed by atoms with Crippen LogP contribution in [0.5, 0.6) is 0 Å². The molecule has 0 saturated carbocycles. The van der Waals surface area contributed by atoms with Gasteiger partial charge in [-0.15, -0.1) is 0 Å². The minimum Gasteiger partial charge on any atom is -0.481 e. The molecule has 44 nitrogen and oxygen atoms in total. The Balaban J connectivity index is 1.89. The van der Waals surface area contributed by atoms with E-state index in [0.717, 1.165) is 0 Å². The third-order valence-corrected chi connectivity index (χ3v) is 20.2. The van der Waals surface area contributed by atoms with Gasteiger partial charge in [-0.3, -0.25) is 91.1 Å². The molecule has 4 unspecified atom stereocenters. The maximum absolute atomic E-state index is 14.8. The minimum atomic E-state index is -2.00. The summed E-state index contributed by atoms with van der Waals surface area (Å²) in [5.41, 5.74) is 23.2. The minimum absolute atomic E-state index is 0.0748. The third kappa shape index (κ3) is 33.9. The number of aromatic nitrogens is 3. The van der Waals surface area contributed by atoms with E-state index in [1.54, 1.807) is 58.2 Å². The number of carboxylic acids is 2. The van der Waals surface area contributed by atoms with Gasteiger partial charge in [-0.2, -0.15) is 0 Å². The number of benzene rings is 1. The number of hydrogen-bond acceptors (Lipinski definition) is 25. The molecule has 17 amide bonds. The number of H-pyrrole nitrogens is 2. The number of aromatic amines is 2. The van der Waals surface area contributed by atoms with Crippen molar-refractivity contribution in [1.82, 2.24) is 94.7 Å². The standard InChI is InChI=1S/C70H106N22O22S2/c1-7-34(4)57-70(114)88-47(22-38-25-75-32-80-38)66(110)89-48(29-93)67(111)91-50(69(113)86-45(20-33(2)3)62(106)78-26-52(95)77-27-53(96)83-44(58(74)102)23-51(73)94)31-116-115-30-49(90-63(107)41(14-10-11-19-71)84-59(103)35(5)72)68(112)85-42(15-17-55(98)99)61(105)79-28-54(97)82-43(16-18-56(100)101)64(108)87-46(65(109)81-36(6)60(104)92-57)21-37-24-76-40-13-9-8-12-39(37)40/h8-9,12-13,24-25,32-36,41-50,57,76,93H,7,10-11,14-23,26-31,71-72H2,1-6H3,(H2,73,94)(H2,74,102)(H,75,80)(H,77,95)(H,78,106)(H,79,105)(H,81,109)(H,82,97)(H,83,96)(H,84,103)(H,85,112)(H,86,113)(H,87,108)(H,88,114)(H,89,110)(H,90,107)(H,91,111)(H,92,104)(H,98,99)(H,100,101)/t34-,35-,36-,41-,42-,43-,44-,45-,46?,47?,48-,49?,50?,57-/m0/s1. The molecule has 14 atom stereocenters. The highest BCUT2D eigenvalue weighted by molar-refractivity contribution is 8.76. The number of nitrogens with two attached hydrogens (primary N) is 4. The first-order chi connectivity index (χ1) is 54.8. The third-order valence-electron chi connectivity index (χ3n) is 17.8. The Kier molecular flexibility index (Phi) is 41.2. The Hall–Kier alpha value is -11.5. The Bertz CT molecular complexity index is 3960. The van der Waals surface area contributed by atoms with Crippen LogP contribution in [0.2, 0.25) is 0 Å². The van der Waals surface area contributed by atoms with Crippen LogP contribution in [0.1, 0.15) is 117 Å². The number of rotatable bonds is 34. The highest BCUT2D eigenvalue weighted by Gasteiger charge is 2.38. The van der Waals surface area contributed by atoms with E-state index in [2.05, 4.69) is 94.7 Å². The molecule has 28 N–H and O–H groups in total. The number of nitrogens with one attached hydrogen (secondary N) is 17. The van der Waals surface area contributed by atoms with Crippen molar-refractivity contribution in [2.24, 2.45) is 34.8 Å². The van der Waals surface area contributed by atoms with Crippen LogP contribution in [-0.4, -0.2) is 265 Å². The molecule has 1 aromatic carbocycles. The van der Waals surface area contributed by atoms with Crippen molar-refractivity contribution in [1.29, 1.82) is 0 Å². The van der Waals surface area contributed by atoms with Gasteiger partial charge in [0.05, 0.1) is 50.7 Å². The fourth-order valence-electron chi connectivity index (χ4n) is 11.2. The molecule has 0 radical (unpaired) electrons. The summed E-state index contributed by atoms with van der Waals surface area (Å²) in [6.45, 7) is 5.40. The van der Waals surface area contributed by atoms with Crippen molar-refractivity contribution >= 4 is 145 Å². The molecule has 1 aliphatic heterocycles. The molecular formula is C70H106N22O22S2. The summed E-state index contributed by atoms with van der Waals surface area (Å²) in [5, 5.41) is 67.2. The van der Waals surface area contributed by atoms with E-state index in [0.29, 0.717) is 44.5 Å². The number of nitrogens with zero attached hydrogens (tertiary/aromatic N) is 1. The van der Waals surface area contributed by atoms with E-state index in [9.17, 15) is 106 Å². The number of fused-ring (bicyclic) bond motifs is 1. The van der Waals surface area contributed by atoms with Crippen molar-refractivity contribution in [2.75, 3.05) is 44.3 Å². The van der Waals surface area contributed by atoms with Gasteiger partial charge >= 0.3 is 11.9 Å². The van der Waals surface area contributed by atoms with Gasteiger partial charge < -0.3 is 128 Å². The van der Waals surface area contributed by atoms with Crippen molar-refractivity contribution in [2.45, 2.75) is 197 Å². The van der Waals surface area contributed by atoms with Gasteiger partial charge in [-0.05, 0) is 82.4 Å². The summed E-state index contributed by atoms with van der Waals surface area (Å²) in [4.78, 5) is 269. The van der Waals surface area contributed by atoms with Crippen LogP contribution >= 0.6 is 21.6 Å². The average Bonchev–Trinajstić information content (AvgIpc) is 1.61. The van der Waals surface area contributed by atoms with E-state index >= 15 is 0 Å². The second kappa shape index (κ2) is 49.3. The highest BCUT2D eigenvalue weighted by Crippen LogP contribution is 2.25. The van der Waals surface area contributed by atoms with E-state index < -0.39 is 279 Å². The molecule has 3 heterocycles. The van der Waals surface area contributed by atoms with Gasteiger partial charge in [0.25, 0.3) is 0 Å². The van der Waals surface area contributed by atoms with Gasteiger partial charge in [0.2, 0.25) is 100 Å². The maximum atomic E-state index is 14.8. The van der Waals surface area contributed by atoms with Crippen LogP contribution in [0.4, 0.5) is 0 Å². The molecule has 0 bridgehead atoms. The zero-order valence-corrected chi connectivity index (χ0v) is 66.4. The zero-order valence-electron chi connectivity index (χ0n) is 64.8. The molecule has 2 aromatic heterocycles. The first kappa shape index (κ1) is 96.8. The Morgan fingerprint density at radius 3 is 1.84 bits per heavy atom. The van der Waals surface area contributed by atoms with Gasteiger partial charge in [-0.1, -0.05) is 73.9 Å². The predicted molar refractivity (Wildman–Crippen MR) is 416 cm³/mol. The highest BCUT2D eigenvalue weighted by atomic mass is 33.1. The summed E-state index contributed by atoms with van der Waals surface area (Å²) in [7, 11) is 1.42. The second-order valence-corrected chi connectivity index (χ2v) is 30.3. The van der Waals surface area contributed by atoms with Crippen molar-refractivity contribution in [3.63, 3.8) is 0 Å². The maximum Gasteiger partial charge on any atom is 0.303 e. The number of carboxylic acid groups (broad SMARTS) is 2. The molecule has 1 saturated heterocycles. The number of carbonyl (C=O) groups is 19. The summed E-state index contributed by atoms with van der Waals surface area (Å²) in [6, 6.07) is -14.4. The lowest BCUT2D eigenvalue weighted by Crippen LogP contribution is -2.62. The predicted octanol–water partition coefficient (Wildman–Crippen LogP) is -8.09. The summed E-state index contributed by atoms with van der Waals surface area (Å²) in [6.07, 6.45) is 0.423. The Labute approximate surface area is 673 Å². The largest absolute Gasteiger partial charge is 0.481 e. The van der Waals surface area contributed by atoms with Crippen LogP contribution in [0, 0.1) is 11.8 Å². The zero-order chi connectivity index (χ0) is 86.5. The lowest BCUT2D eigenvalue weighted by atomic mass is 9.97. The SMILES string of the molecule is CC[C@H](C)[C@@H]1NC(=O)[C@H](C)NC(=O)C(Cc2c[nH]c3ccccc23)NC(=O)[C@H](CCC(=O)O)NC(=O)CNC(=O)[C@H](CCC(=O)O)NC(=O)C(NC(=O)[C@H](CCCCN)NC(=O)[C@H](C)N)CSSCC(C(=O)N[C@@H](CC(C)C)C(=O)NCC(=O)NCC(=O)N[C@@H](CC(N)=O)C(N)=O)NC(=O)[C@H](CO)NC(=O)C(Cc2c[nH]cn2)NC1=O. The molecular weight excluding hydrogens is 1570 g/mol.